The van der Waals surface area contributed by atoms with E-state index in [0.29, 0.717) is 17.4 Å². The SMILES string of the molecule is O=C(c1nsc(Cl)c1Cl)N1CCCC(c2ncncc2-c2ccncc2)C1. The Morgan fingerprint density at radius 3 is 2.78 bits per heavy atom. The van der Waals surface area contributed by atoms with Crippen LogP contribution in [0.1, 0.15) is 34.9 Å². The van der Waals surface area contributed by atoms with E-state index in [1.165, 1.54) is 0 Å². The molecule has 6 nitrogen and oxygen atoms in total. The summed E-state index contributed by atoms with van der Waals surface area (Å²) in [5, 5.41) is 0.230. The molecule has 27 heavy (non-hydrogen) atoms. The lowest BCUT2D eigenvalue weighted by atomic mass is 9.90. The molecule has 1 aliphatic rings. The van der Waals surface area contributed by atoms with Crippen LogP contribution in [0.3, 0.4) is 0 Å². The fraction of sp³-hybridized carbons (Fsp3) is 0.278. The standard InChI is InChI=1S/C18H15Cl2N5OS/c19-14-16(24-27-17(14)20)18(26)25-7-1-2-12(9-25)15-13(8-22-10-23-15)11-3-5-21-6-4-11/h3-6,8,10,12H,1-2,7,9H2. The van der Waals surface area contributed by atoms with E-state index in [1.807, 2.05) is 18.3 Å². The number of pyridine rings is 1. The van der Waals surface area contributed by atoms with Gasteiger partial charge in [0.25, 0.3) is 5.91 Å². The van der Waals surface area contributed by atoms with Gasteiger partial charge in [-0.05, 0) is 42.1 Å². The van der Waals surface area contributed by atoms with Crippen molar-refractivity contribution >= 4 is 40.6 Å². The highest BCUT2D eigenvalue weighted by molar-refractivity contribution is 7.11. The molecule has 0 saturated carbocycles. The Bertz CT molecular complexity index is 965. The van der Waals surface area contributed by atoms with Gasteiger partial charge in [-0.1, -0.05) is 23.2 Å². The van der Waals surface area contributed by atoms with Crippen LogP contribution >= 0.6 is 34.7 Å². The van der Waals surface area contributed by atoms with Crippen molar-refractivity contribution in [2.45, 2.75) is 18.8 Å². The number of amides is 1. The summed E-state index contributed by atoms with van der Waals surface area (Å²) in [6.45, 7) is 1.22. The van der Waals surface area contributed by atoms with Gasteiger partial charge in [0.1, 0.15) is 15.7 Å². The Morgan fingerprint density at radius 1 is 1.22 bits per heavy atom. The highest BCUT2D eigenvalue weighted by atomic mass is 35.5. The van der Waals surface area contributed by atoms with Gasteiger partial charge in [-0.2, -0.15) is 4.37 Å². The second-order valence-electron chi connectivity index (χ2n) is 6.27. The molecule has 0 aliphatic carbocycles. The minimum Gasteiger partial charge on any atom is -0.337 e. The van der Waals surface area contributed by atoms with Crippen LogP contribution in [0.2, 0.25) is 9.36 Å². The first-order valence-corrected chi connectivity index (χ1v) is 9.98. The van der Waals surface area contributed by atoms with Crippen molar-refractivity contribution in [2.75, 3.05) is 13.1 Å². The van der Waals surface area contributed by atoms with Gasteiger partial charge in [-0.15, -0.1) is 0 Å². The first-order chi connectivity index (χ1) is 13.1. The largest absolute Gasteiger partial charge is 0.337 e. The van der Waals surface area contributed by atoms with E-state index in [1.54, 1.807) is 23.6 Å². The third-order valence-electron chi connectivity index (χ3n) is 4.63. The van der Waals surface area contributed by atoms with Gasteiger partial charge in [0.05, 0.1) is 5.69 Å². The van der Waals surface area contributed by atoms with Crippen LogP contribution in [0, 0.1) is 0 Å². The van der Waals surface area contributed by atoms with Crippen molar-refractivity contribution in [3.05, 3.63) is 57.8 Å². The highest BCUT2D eigenvalue weighted by Gasteiger charge is 2.30. The van der Waals surface area contributed by atoms with Gasteiger partial charge >= 0.3 is 0 Å². The van der Waals surface area contributed by atoms with Crippen LogP contribution < -0.4 is 0 Å². The number of hydrogen-bond donors (Lipinski definition) is 0. The molecule has 0 bridgehead atoms. The smallest absolute Gasteiger partial charge is 0.275 e. The van der Waals surface area contributed by atoms with Crippen LogP contribution in [0.5, 0.6) is 0 Å². The zero-order valence-corrected chi connectivity index (χ0v) is 16.5. The molecule has 0 radical (unpaired) electrons. The van der Waals surface area contributed by atoms with Crippen molar-refractivity contribution in [3.8, 4) is 11.1 Å². The van der Waals surface area contributed by atoms with Crippen LogP contribution in [-0.4, -0.2) is 43.2 Å². The second-order valence-corrected chi connectivity index (χ2v) is 8.02. The van der Waals surface area contributed by atoms with Gasteiger partial charge in [0.15, 0.2) is 5.69 Å². The maximum absolute atomic E-state index is 12.9. The minimum atomic E-state index is -0.188. The Hall–Kier alpha value is -2.09. The van der Waals surface area contributed by atoms with E-state index in [2.05, 4.69) is 19.3 Å². The van der Waals surface area contributed by atoms with Crippen molar-refractivity contribution in [2.24, 2.45) is 0 Å². The van der Waals surface area contributed by atoms with E-state index in [9.17, 15) is 4.79 Å². The molecule has 138 valence electrons. The maximum Gasteiger partial charge on any atom is 0.275 e. The van der Waals surface area contributed by atoms with Crippen LogP contribution in [0.4, 0.5) is 0 Å². The van der Waals surface area contributed by atoms with Crippen molar-refractivity contribution in [1.29, 1.82) is 0 Å². The number of nitrogens with zero attached hydrogens (tertiary/aromatic N) is 5. The molecular formula is C18H15Cl2N5OS. The number of aromatic nitrogens is 4. The van der Waals surface area contributed by atoms with E-state index in [0.717, 1.165) is 41.2 Å². The molecule has 0 N–H and O–H groups in total. The number of rotatable bonds is 3. The molecular weight excluding hydrogens is 405 g/mol. The minimum absolute atomic E-state index is 0.113. The fourth-order valence-electron chi connectivity index (χ4n) is 3.34. The van der Waals surface area contributed by atoms with Gasteiger partial charge in [0.2, 0.25) is 0 Å². The summed E-state index contributed by atoms with van der Waals surface area (Å²) >= 11 is 13.1. The summed E-state index contributed by atoms with van der Waals surface area (Å²) in [6.07, 6.45) is 8.69. The molecule has 0 spiro atoms. The fourth-order valence-corrected chi connectivity index (χ4v) is 4.33. The third kappa shape index (κ3) is 3.67. The number of carbonyl (C=O) groups excluding carboxylic acids is 1. The molecule has 1 saturated heterocycles. The normalized spacial score (nSPS) is 17.1. The Labute approximate surface area is 170 Å². The maximum atomic E-state index is 12.9. The average molecular weight is 420 g/mol. The zero-order valence-electron chi connectivity index (χ0n) is 14.2. The molecule has 1 atom stereocenters. The number of piperidine rings is 1. The summed E-state index contributed by atoms with van der Waals surface area (Å²) in [6, 6.07) is 3.87. The Morgan fingerprint density at radius 2 is 2.04 bits per heavy atom. The Balaban J connectivity index is 1.61. The lowest BCUT2D eigenvalue weighted by Gasteiger charge is -2.32. The number of halogens is 2. The van der Waals surface area contributed by atoms with Crippen LogP contribution in [-0.2, 0) is 0 Å². The Kier molecular flexibility index (Phi) is 5.33. The van der Waals surface area contributed by atoms with E-state index < -0.39 is 0 Å². The first kappa shape index (κ1) is 18.3. The monoisotopic (exact) mass is 419 g/mol. The molecule has 3 aromatic heterocycles. The summed E-state index contributed by atoms with van der Waals surface area (Å²) in [5.41, 5.74) is 3.15. The van der Waals surface area contributed by atoms with E-state index >= 15 is 0 Å². The predicted octanol–water partition coefficient (Wildman–Crippen LogP) is 4.32. The molecule has 1 unspecified atom stereocenters. The number of likely N-dealkylation sites (tertiary alicyclic amines) is 1. The molecule has 0 aromatic carbocycles. The molecule has 9 heteroatoms. The molecule has 1 fully saturated rings. The van der Waals surface area contributed by atoms with Gasteiger partial charge in [-0.3, -0.25) is 9.78 Å². The van der Waals surface area contributed by atoms with Gasteiger partial charge in [-0.25, -0.2) is 9.97 Å². The number of carbonyl (C=O) groups is 1. The summed E-state index contributed by atoms with van der Waals surface area (Å²) in [7, 11) is 0. The molecule has 1 amide bonds. The van der Waals surface area contributed by atoms with Crippen molar-refractivity contribution in [3.63, 3.8) is 0 Å². The molecule has 1 aliphatic heterocycles. The summed E-state index contributed by atoms with van der Waals surface area (Å²) in [5.74, 6) is -0.0749. The quantitative estimate of drug-likeness (QED) is 0.631. The van der Waals surface area contributed by atoms with Crippen LogP contribution in [0.15, 0.2) is 37.1 Å². The second kappa shape index (κ2) is 7.88. The molecule has 3 aromatic rings. The first-order valence-electron chi connectivity index (χ1n) is 8.45. The van der Waals surface area contributed by atoms with Crippen molar-refractivity contribution in [1.82, 2.24) is 24.2 Å². The lowest BCUT2D eigenvalue weighted by Crippen LogP contribution is -2.39. The lowest BCUT2D eigenvalue weighted by molar-refractivity contribution is 0.0701. The predicted molar refractivity (Wildman–Crippen MR) is 105 cm³/mol. The molecule has 4 heterocycles. The van der Waals surface area contributed by atoms with E-state index in [-0.39, 0.29) is 22.5 Å². The van der Waals surface area contributed by atoms with Crippen LogP contribution in [0.25, 0.3) is 11.1 Å². The highest BCUT2D eigenvalue weighted by Crippen LogP contribution is 2.34. The topological polar surface area (TPSA) is 71.9 Å². The summed E-state index contributed by atoms with van der Waals surface area (Å²) in [4.78, 5) is 27.4. The van der Waals surface area contributed by atoms with Crippen molar-refractivity contribution < 1.29 is 4.79 Å². The zero-order chi connectivity index (χ0) is 18.8. The summed E-state index contributed by atoms with van der Waals surface area (Å²) < 4.78 is 4.44. The number of hydrogen-bond acceptors (Lipinski definition) is 6. The van der Waals surface area contributed by atoms with Gasteiger partial charge < -0.3 is 4.90 Å². The average Bonchev–Trinajstić information content (AvgIpc) is 3.07. The molecule has 4 rings (SSSR count). The van der Waals surface area contributed by atoms with Gasteiger partial charge in [0, 0.05) is 43.2 Å². The van der Waals surface area contributed by atoms with E-state index in [4.69, 9.17) is 23.2 Å². The third-order valence-corrected chi connectivity index (χ3v) is 6.24.